The third-order valence-corrected chi connectivity index (χ3v) is 9.93. The van der Waals surface area contributed by atoms with E-state index >= 15 is 0 Å². The Balaban J connectivity index is 1.19. The van der Waals surface area contributed by atoms with Crippen molar-refractivity contribution in [1.29, 1.82) is 0 Å². The van der Waals surface area contributed by atoms with Gasteiger partial charge in [-0.2, -0.15) is 0 Å². The van der Waals surface area contributed by atoms with E-state index in [1.165, 1.54) is 10.6 Å². The number of aromatic nitrogens is 3. The fraction of sp³-hybridized carbons (Fsp3) is 0.519. The van der Waals surface area contributed by atoms with Gasteiger partial charge in [0, 0.05) is 44.3 Å². The predicted molar refractivity (Wildman–Crippen MR) is 155 cm³/mol. The number of carbonyl (C=O) groups is 1. The molecule has 2 saturated heterocycles. The molecule has 3 heterocycles. The molecule has 0 unspecified atom stereocenters. The van der Waals surface area contributed by atoms with Crippen molar-refractivity contribution in [2.45, 2.75) is 38.1 Å². The number of hydrogen-bond donors (Lipinski definition) is 0. The first kappa shape index (κ1) is 28.3. The van der Waals surface area contributed by atoms with Gasteiger partial charge in [0.25, 0.3) is 0 Å². The Hall–Kier alpha value is -2.24. The zero-order chi connectivity index (χ0) is 27.6. The number of likely N-dealkylation sites (tertiary alicyclic amines) is 1. The van der Waals surface area contributed by atoms with Crippen LogP contribution in [0.2, 0.25) is 10.0 Å². The van der Waals surface area contributed by atoms with E-state index in [0.29, 0.717) is 48.6 Å². The number of sulfonamides is 1. The number of anilines is 1. The molecule has 5 rings (SSSR count). The van der Waals surface area contributed by atoms with E-state index in [2.05, 4.69) is 26.0 Å². The Morgan fingerprint density at radius 2 is 1.72 bits per heavy atom. The van der Waals surface area contributed by atoms with Crippen LogP contribution >= 0.6 is 23.2 Å². The van der Waals surface area contributed by atoms with Gasteiger partial charge >= 0.3 is 0 Å². The number of halogens is 2. The Morgan fingerprint density at radius 1 is 1.00 bits per heavy atom. The van der Waals surface area contributed by atoms with Gasteiger partial charge in [-0.1, -0.05) is 40.5 Å². The van der Waals surface area contributed by atoms with Crippen LogP contribution in [0.3, 0.4) is 0 Å². The normalized spacial score (nSPS) is 18.5. The van der Waals surface area contributed by atoms with Crippen LogP contribution in [0.4, 0.5) is 5.69 Å². The van der Waals surface area contributed by atoms with Crippen molar-refractivity contribution < 1.29 is 13.2 Å². The molecule has 39 heavy (non-hydrogen) atoms. The summed E-state index contributed by atoms with van der Waals surface area (Å²) in [6.07, 6.45) is 5.05. The smallest absolute Gasteiger partial charge is 0.230 e. The van der Waals surface area contributed by atoms with Crippen molar-refractivity contribution in [3.05, 3.63) is 52.5 Å². The molecule has 0 saturated carbocycles. The highest BCUT2D eigenvalue weighted by atomic mass is 35.5. The molecule has 0 aliphatic carbocycles. The van der Waals surface area contributed by atoms with Gasteiger partial charge in [0.2, 0.25) is 15.9 Å². The summed E-state index contributed by atoms with van der Waals surface area (Å²) in [7, 11) is -3.25. The average molecular weight is 594 g/mol. The Labute approximate surface area is 239 Å². The minimum atomic E-state index is -3.25. The number of hydrogen-bond acceptors (Lipinski definition) is 6. The number of piperidine rings is 2. The summed E-state index contributed by atoms with van der Waals surface area (Å²) in [6, 6.07) is 13.7. The van der Waals surface area contributed by atoms with E-state index in [4.69, 9.17) is 23.2 Å². The van der Waals surface area contributed by atoms with Gasteiger partial charge in [-0.3, -0.25) is 4.79 Å². The maximum atomic E-state index is 13.7. The van der Waals surface area contributed by atoms with Gasteiger partial charge in [0.05, 0.1) is 27.9 Å². The molecule has 0 bridgehead atoms. The van der Waals surface area contributed by atoms with E-state index in [0.717, 1.165) is 55.6 Å². The van der Waals surface area contributed by atoms with Crippen LogP contribution in [0.25, 0.3) is 11.0 Å². The zero-order valence-electron chi connectivity index (χ0n) is 22.0. The molecule has 1 amide bonds. The highest BCUT2D eigenvalue weighted by Crippen LogP contribution is 2.31. The van der Waals surface area contributed by atoms with Gasteiger partial charge in [0.1, 0.15) is 5.52 Å². The molecule has 2 fully saturated rings. The second-order valence-electron chi connectivity index (χ2n) is 10.5. The van der Waals surface area contributed by atoms with Crippen LogP contribution in [0.1, 0.15) is 38.1 Å². The summed E-state index contributed by atoms with van der Waals surface area (Å²) >= 11 is 12.4. The summed E-state index contributed by atoms with van der Waals surface area (Å²) < 4.78 is 27.3. The van der Waals surface area contributed by atoms with Crippen molar-refractivity contribution in [2.75, 3.05) is 50.4 Å². The maximum absolute atomic E-state index is 13.7. The van der Waals surface area contributed by atoms with Crippen LogP contribution in [0.5, 0.6) is 0 Å². The summed E-state index contributed by atoms with van der Waals surface area (Å²) in [5, 5.41) is 9.56. The molecule has 2 aromatic carbocycles. The first-order chi connectivity index (χ1) is 18.7. The Morgan fingerprint density at radius 3 is 2.41 bits per heavy atom. The monoisotopic (exact) mass is 592 g/mol. The maximum Gasteiger partial charge on any atom is 0.230 e. The lowest BCUT2D eigenvalue weighted by atomic mass is 9.96. The van der Waals surface area contributed by atoms with Crippen molar-refractivity contribution >= 4 is 55.9 Å². The molecule has 1 aromatic heterocycles. The third kappa shape index (κ3) is 6.57. The van der Waals surface area contributed by atoms with E-state index in [-0.39, 0.29) is 11.8 Å². The summed E-state index contributed by atoms with van der Waals surface area (Å²) in [5.74, 6) is -0.219. The van der Waals surface area contributed by atoms with Crippen LogP contribution in [-0.4, -0.2) is 84.0 Å². The number of benzene rings is 2. The number of fused-ring (bicyclic) bond motifs is 1. The third-order valence-electron chi connectivity index (χ3n) is 7.89. The Kier molecular flexibility index (Phi) is 8.78. The fourth-order valence-corrected chi connectivity index (χ4v) is 6.84. The van der Waals surface area contributed by atoms with Crippen LogP contribution in [0.15, 0.2) is 42.5 Å². The quantitative estimate of drug-likeness (QED) is 0.383. The van der Waals surface area contributed by atoms with E-state index in [1.807, 2.05) is 24.3 Å². The van der Waals surface area contributed by atoms with E-state index in [1.54, 1.807) is 17.0 Å². The van der Waals surface area contributed by atoms with Crippen molar-refractivity contribution in [1.82, 2.24) is 24.2 Å². The molecule has 9 nitrogen and oxygen atoms in total. The SMILES string of the molecule is CS(=O)(=O)N1CCC(C(=O)N(CCCN2CCC(n3nnc4ccccc43)CC2)c2ccc(Cl)c(Cl)c2)CC1. The number of carbonyl (C=O) groups excluding carboxylic acids is 1. The number of para-hydroxylation sites is 1. The molecular weight excluding hydrogens is 559 g/mol. The summed E-state index contributed by atoms with van der Waals surface area (Å²) in [5.41, 5.74) is 2.72. The molecule has 210 valence electrons. The topological polar surface area (TPSA) is 91.6 Å². The molecule has 0 radical (unpaired) electrons. The van der Waals surface area contributed by atoms with Gasteiger partial charge in [-0.15, -0.1) is 5.10 Å². The predicted octanol–water partition coefficient (Wildman–Crippen LogP) is 4.47. The van der Waals surface area contributed by atoms with Crippen molar-refractivity contribution in [2.24, 2.45) is 5.92 Å². The lowest BCUT2D eigenvalue weighted by Gasteiger charge is -2.34. The van der Waals surface area contributed by atoms with Gasteiger partial charge in [0.15, 0.2) is 0 Å². The highest BCUT2D eigenvalue weighted by molar-refractivity contribution is 7.88. The van der Waals surface area contributed by atoms with Gasteiger partial charge in [-0.05, 0) is 69.0 Å². The molecule has 0 spiro atoms. The first-order valence-corrected chi connectivity index (χ1v) is 16.0. The summed E-state index contributed by atoms with van der Waals surface area (Å²) in [6.45, 7) is 4.08. The van der Waals surface area contributed by atoms with Crippen LogP contribution in [0, 0.1) is 5.92 Å². The number of nitrogens with zero attached hydrogens (tertiary/aromatic N) is 6. The molecule has 2 aliphatic heterocycles. The second kappa shape index (κ2) is 12.1. The molecule has 12 heteroatoms. The highest BCUT2D eigenvalue weighted by Gasteiger charge is 2.32. The van der Waals surface area contributed by atoms with Crippen LogP contribution < -0.4 is 4.90 Å². The van der Waals surface area contributed by atoms with Crippen molar-refractivity contribution in [3.8, 4) is 0 Å². The lowest BCUT2D eigenvalue weighted by Crippen LogP contribution is -2.45. The van der Waals surface area contributed by atoms with Crippen LogP contribution in [-0.2, 0) is 14.8 Å². The minimum Gasteiger partial charge on any atom is -0.312 e. The molecule has 0 N–H and O–H groups in total. The number of rotatable bonds is 8. The zero-order valence-corrected chi connectivity index (χ0v) is 24.4. The standard InChI is InChI=1S/C27H34Cl2N6O3S/c1-39(37,38)33-17-9-20(10-18-33)27(36)34(22-7-8-23(28)24(29)19-22)14-4-13-32-15-11-21(12-16-32)35-26-6-3-2-5-25(26)30-31-35/h2-3,5-8,19-21H,4,9-18H2,1H3. The fourth-order valence-electron chi connectivity index (χ4n) is 5.67. The van der Waals surface area contributed by atoms with Crippen molar-refractivity contribution in [3.63, 3.8) is 0 Å². The van der Waals surface area contributed by atoms with Gasteiger partial charge < -0.3 is 9.80 Å². The number of amides is 1. The molecular formula is C27H34Cl2N6O3S. The first-order valence-electron chi connectivity index (χ1n) is 13.4. The summed E-state index contributed by atoms with van der Waals surface area (Å²) in [4.78, 5) is 17.9. The largest absolute Gasteiger partial charge is 0.312 e. The van der Waals surface area contributed by atoms with Gasteiger partial charge in [-0.25, -0.2) is 17.4 Å². The Bertz CT molecular complexity index is 1420. The van der Waals surface area contributed by atoms with E-state index < -0.39 is 10.0 Å². The average Bonchev–Trinajstić information content (AvgIpc) is 3.37. The molecule has 0 atom stereocenters. The molecule has 2 aliphatic rings. The minimum absolute atomic E-state index is 0.0123. The second-order valence-corrected chi connectivity index (χ2v) is 13.3. The molecule has 3 aromatic rings. The van der Waals surface area contributed by atoms with E-state index in [9.17, 15) is 13.2 Å². The lowest BCUT2D eigenvalue weighted by molar-refractivity contribution is -0.123.